The normalized spacial score (nSPS) is 16.7. The number of carbonyl (C=O) groups excluding carboxylic acids is 1. The molecule has 1 aromatic carbocycles. The Morgan fingerprint density at radius 2 is 2.14 bits per heavy atom. The Hall–Kier alpha value is -2.71. The number of H-pyrrole nitrogens is 1. The van der Waals surface area contributed by atoms with Crippen LogP contribution in [0.3, 0.4) is 0 Å². The summed E-state index contributed by atoms with van der Waals surface area (Å²) in [4.78, 5) is 26.5. The summed E-state index contributed by atoms with van der Waals surface area (Å²) in [6.45, 7) is 0. The number of anilines is 3. The van der Waals surface area contributed by atoms with Gasteiger partial charge in [-0.1, -0.05) is 11.6 Å². The molecule has 0 radical (unpaired) electrons. The van der Waals surface area contributed by atoms with Gasteiger partial charge in [0.05, 0.1) is 34.5 Å². The summed E-state index contributed by atoms with van der Waals surface area (Å²) in [7, 11) is 3.56. The van der Waals surface area contributed by atoms with Crippen molar-refractivity contribution in [1.29, 1.82) is 0 Å². The lowest BCUT2D eigenvalue weighted by atomic mass is 9.80. The maximum Gasteiger partial charge on any atom is 0.256 e. The Balaban J connectivity index is 0.00000205. The number of halogens is 2. The molecule has 1 spiro atoms. The lowest BCUT2D eigenvalue weighted by Gasteiger charge is -2.53. The summed E-state index contributed by atoms with van der Waals surface area (Å²) in [6, 6.07) is 3.60. The van der Waals surface area contributed by atoms with Crippen molar-refractivity contribution >= 4 is 58.1 Å². The molecule has 29 heavy (non-hydrogen) atoms. The van der Waals surface area contributed by atoms with Gasteiger partial charge in [-0.25, -0.2) is 9.97 Å². The van der Waals surface area contributed by atoms with Gasteiger partial charge in [-0.2, -0.15) is 0 Å². The number of methoxy groups -OCH3 is 1. The number of aromatic nitrogens is 3. The molecule has 1 amide bonds. The number of aromatic amines is 1. The van der Waals surface area contributed by atoms with E-state index in [-0.39, 0.29) is 24.0 Å². The molecule has 1 aliphatic heterocycles. The quantitative estimate of drug-likeness (QED) is 0.579. The van der Waals surface area contributed by atoms with Crippen LogP contribution in [0.5, 0.6) is 5.75 Å². The fourth-order valence-corrected chi connectivity index (χ4v) is 4.38. The van der Waals surface area contributed by atoms with Gasteiger partial charge in [0.2, 0.25) is 0 Å². The van der Waals surface area contributed by atoms with Crippen LogP contribution in [0.2, 0.25) is 5.02 Å². The highest BCUT2D eigenvalue weighted by molar-refractivity contribution is 6.35. The zero-order valence-corrected chi connectivity index (χ0v) is 17.4. The van der Waals surface area contributed by atoms with E-state index in [1.165, 1.54) is 6.33 Å². The highest BCUT2D eigenvalue weighted by atomic mass is 35.5. The summed E-state index contributed by atoms with van der Waals surface area (Å²) in [5.41, 5.74) is 2.12. The number of fused-ring (bicyclic) bond motifs is 2. The maximum absolute atomic E-state index is 12.8. The molecule has 8 nitrogen and oxygen atoms in total. The first-order chi connectivity index (χ1) is 13.5. The monoisotopic (exact) mass is 434 g/mol. The third-order valence-corrected chi connectivity index (χ3v) is 6.05. The Labute approximate surface area is 178 Å². The molecule has 1 aliphatic carbocycles. The van der Waals surface area contributed by atoms with Crippen molar-refractivity contribution in [1.82, 2.24) is 20.3 Å². The van der Waals surface area contributed by atoms with Crippen LogP contribution >= 0.6 is 24.0 Å². The smallest absolute Gasteiger partial charge is 0.256 e. The second-order valence-electron chi connectivity index (χ2n) is 7.15. The standard InChI is InChI=1S/C19H19ClN6O2.ClH/c1-26-14-13(18(27)25-19(26)5-3-6-19)11(20)8-12(15(14)28-2)24-17-10-4-7-21-16(10)22-9-23-17;/h4,7-9H,3,5-6H2,1-2H3,(H,25,27)(H2,21,22,23,24);1H. The van der Waals surface area contributed by atoms with Gasteiger partial charge in [0.15, 0.2) is 5.75 Å². The molecule has 5 rings (SSSR count). The number of amides is 1. The van der Waals surface area contributed by atoms with Crippen molar-refractivity contribution in [2.24, 2.45) is 0 Å². The topological polar surface area (TPSA) is 95.2 Å². The lowest BCUT2D eigenvalue weighted by Crippen LogP contribution is -2.66. The molecule has 2 aliphatic rings. The van der Waals surface area contributed by atoms with Gasteiger partial charge in [-0.15, -0.1) is 12.4 Å². The molecule has 3 N–H and O–H groups in total. The predicted molar refractivity (Wildman–Crippen MR) is 115 cm³/mol. The van der Waals surface area contributed by atoms with Gasteiger partial charge in [-0.05, 0) is 31.4 Å². The molecule has 10 heteroatoms. The predicted octanol–water partition coefficient (Wildman–Crippen LogP) is 3.85. The third kappa shape index (κ3) is 2.78. The summed E-state index contributed by atoms with van der Waals surface area (Å²) < 4.78 is 5.75. The first kappa shape index (κ1) is 19.6. The van der Waals surface area contributed by atoms with Gasteiger partial charge in [0, 0.05) is 13.2 Å². The van der Waals surface area contributed by atoms with Crippen molar-refractivity contribution in [2.45, 2.75) is 24.9 Å². The van der Waals surface area contributed by atoms with Crippen molar-refractivity contribution in [3.8, 4) is 5.75 Å². The van der Waals surface area contributed by atoms with Crippen LogP contribution in [0.25, 0.3) is 11.0 Å². The van der Waals surface area contributed by atoms with Crippen LogP contribution < -0.4 is 20.3 Å². The number of hydrogen-bond acceptors (Lipinski definition) is 6. The van der Waals surface area contributed by atoms with Gasteiger partial charge in [0.1, 0.15) is 23.5 Å². The Kier molecular flexibility index (Phi) is 4.71. The van der Waals surface area contributed by atoms with E-state index < -0.39 is 0 Å². The fraction of sp³-hybridized carbons (Fsp3) is 0.316. The molecule has 3 heterocycles. The van der Waals surface area contributed by atoms with E-state index in [4.69, 9.17) is 16.3 Å². The number of hydrogen-bond donors (Lipinski definition) is 3. The zero-order chi connectivity index (χ0) is 19.5. The SMILES string of the molecule is COc1c(Nc2ncnc3[nH]ccc23)cc(Cl)c2c1N(C)C1(CCC1)NC2=O.Cl. The van der Waals surface area contributed by atoms with Crippen molar-refractivity contribution in [3.05, 3.63) is 35.2 Å². The number of benzene rings is 1. The van der Waals surface area contributed by atoms with E-state index >= 15 is 0 Å². The number of ether oxygens (including phenoxy) is 1. The molecule has 1 fully saturated rings. The summed E-state index contributed by atoms with van der Waals surface area (Å²) in [5.74, 6) is 1.02. The minimum atomic E-state index is -0.373. The Morgan fingerprint density at radius 1 is 1.34 bits per heavy atom. The molecule has 152 valence electrons. The van der Waals surface area contributed by atoms with Crippen molar-refractivity contribution < 1.29 is 9.53 Å². The first-order valence-electron chi connectivity index (χ1n) is 9.06. The molecular weight excluding hydrogens is 415 g/mol. The Bertz CT molecular complexity index is 1110. The molecule has 0 saturated heterocycles. The molecule has 2 aromatic heterocycles. The second-order valence-corrected chi connectivity index (χ2v) is 7.56. The third-order valence-electron chi connectivity index (χ3n) is 5.75. The van der Waals surface area contributed by atoms with Crippen LogP contribution in [0, 0.1) is 0 Å². The summed E-state index contributed by atoms with van der Waals surface area (Å²) in [6.07, 6.45) is 6.14. The molecule has 3 aromatic rings. The van der Waals surface area contributed by atoms with Crippen LogP contribution in [0.1, 0.15) is 29.6 Å². The van der Waals surface area contributed by atoms with Gasteiger partial charge < -0.3 is 25.3 Å². The highest BCUT2D eigenvalue weighted by Gasteiger charge is 2.48. The van der Waals surface area contributed by atoms with Crippen LogP contribution in [-0.2, 0) is 0 Å². The average Bonchev–Trinajstić information content (AvgIpc) is 3.12. The fourth-order valence-electron chi connectivity index (χ4n) is 4.10. The number of nitrogens with one attached hydrogen (secondary N) is 3. The molecular formula is C19H20Cl2N6O2. The van der Waals surface area contributed by atoms with Gasteiger partial charge >= 0.3 is 0 Å². The van der Waals surface area contributed by atoms with E-state index in [9.17, 15) is 4.79 Å². The minimum Gasteiger partial charge on any atom is -0.492 e. The second kappa shape index (κ2) is 6.96. The van der Waals surface area contributed by atoms with E-state index in [0.717, 1.165) is 30.3 Å². The van der Waals surface area contributed by atoms with Crippen LogP contribution in [0.15, 0.2) is 24.7 Å². The average molecular weight is 435 g/mol. The van der Waals surface area contributed by atoms with E-state index in [1.54, 1.807) is 19.4 Å². The number of nitrogens with zero attached hydrogens (tertiary/aromatic N) is 3. The first-order valence-corrected chi connectivity index (χ1v) is 9.44. The lowest BCUT2D eigenvalue weighted by molar-refractivity contribution is 0.0801. The van der Waals surface area contributed by atoms with Gasteiger partial charge in [-0.3, -0.25) is 4.79 Å². The Morgan fingerprint density at radius 3 is 2.83 bits per heavy atom. The highest BCUT2D eigenvalue weighted by Crippen LogP contribution is 2.50. The van der Waals surface area contributed by atoms with E-state index in [1.807, 2.05) is 13.1 Å². The van der Waals surface area contributed by atoms with Crippen molar-refractivity contribution in [3.63, 3.8) is 0 Å². The molecule has 0 unspecified atom stereocenters. The molecule has 0 atom stereocenters. The molecule has 1 saturated carbocycles. The molecule has 0 bridgehead atoms. The van der Waals surface area contributed by atoms with Crippen LogP contribution in [0.4, 0.5) is 17.2 Å². The summed E-state index contributed by atoms with van der Waals surface area (Å²) in [5, 5.41) is 7.63. The summed E-state index contributed by atoms with van der Waals surface area (Å²) >= 11 is 6.53. The van der Waals surface area contributed by atoms with Gasteiger partial charge in [0.25, 0.3) is 5.91 Å². The van der Waals surface area contributed by atoms with E-state index in [0.29, 0.717) is 33.5 Å². The van der Waals surface area contributed by atoms with Crippen molar-refractivity contribution in [2.75, 3.05) is 24.4 Å². The minimum absolute atomic E-state index is 0. The zero-order valence-electron chi connectivity index (χ0n) is 15.9. The van der Waals surface area contributed by atoms with Crippen LogP contribution in [-0.4, -0.2) is 40.7 Å². The largest absolute Gasteiger partial charge is 0.492 e. The van der Waals surface area contributed by atoms with E-state index in [2.05, 4.69) is 30.5 Å². The number of rotatable bonds is 3. The number of carbonyl (C=O) groups is 1. The maximum atomic E-state index is 12.8.